The van der Waals surface area contributed by atoms with Crippen molar-refractivity contribution in [3.8, 4) is 0 Å². The van der Waals surface area contributed by atoms with E-state index in [1.54, 1.807) is 0 Å². The first-order valence-electron chi connectivity index (χ1n) is 8.67. The minimum absolute atomic E-state index is 0.491. The number of aromatic nitrogens is 2. The number of piperazine rings is 1. The Hall–Kier alpha value is -2.73. The number of nitrogens with two attached hydrogens (primary N) is 1. The van der Waals surface area contributed by atoms with Crippen LogP contribution in [0.4, 0.5) is 5.69 Å². The summed E-state index contributed by atoms with van der Waals surface area (Å²) in [6.45, 7) is 4.01. The number of anilines is 1. The van der Waals surface area contributed by atoms with Crippen molar-refractivity contribution in [2.24, 2.45) is 10.7 Å². The van der Waals surface area contributed by atoms with E-state index < -0.39 is 0 Å². The molecule has 0 saturated carbocycles. The fourth-order valence-corrected chi connectivity index (χ4v) is 3.30. The van der Waals surface area contributed by atoms with Crippen molar-refractivity contribution in [2.45, 2.75) is 6.54 Å². The minimum Gasteiger partial charge on any atom is -0.370 e. The van der Waals surface area contributed by atoms with Gasteiger partial charge in [-0.25, -0.2) is 9.98 Å². The van der Waals surface area contributed by atoms with E-state index in [0.717, 1.165) is 42.5 Å². The van der Waals surface area contributed by atoms with Gasteiger partial charge in [0.05, 0.1) is 12.2 Å². The van der Waals surface area contributed by atoms with Crippen LogP contribution in [0.1, 0.15) is 5.69 Å². The van der Waals surface area contributed by atoms with Crippen molar-refractivity contribution in [2.75, 3.05) is 31.1 Å². The standard InChI is InChI=1S/C19H21ClN6/c20-15-4-6-17(7-5-15)24-9-11-25(12-10-24)19(21)22-13-16-14-26-8-2-1-3-18(26)23-16/h1-8,14H,9-13H2,(H2,21,22). The Bertz CT molecular complexity index is 876. The first-order chi connectivity index (χ1) is 12.7. The van der Waals surface area contributed by atoms with E-state index in [1.165, 1.54) is 5.69 Å². The number of imidazole rings is 1. The molecule has 2 aromatic heterocycles. The van der Waals surface area contributed by atoms with Crippen molar-refractivity contribution in [1.29, 1.82) is 0 Å². The number of guanidine groups is 1. The molecule has 134 valence electrons. The smallest absolute Gasteiger partial charge is 0.191 e. The molecule has 1 aliphatic rings. The molecule has 0 aliphatic carbocycles. The van der Waals surface area contributed by atoms with Gasteiger partial charge in [-0.2, -0.15) is 0 Å². The summed E-state index contributed by atoms with van der Waals surface area (Å²) in [4.78, 5) is 13.5. The number of fused-ring (bicyclic) bond motifs is 1. The maximum absolute atomic E-state index is 6.20. The van der Waals surface area contributed by atoms with Gasteiger partial charge in [0, 0.05) is 49.3 Å². The number of hydrogen-bond donors (Lipinski definition) is 1. The van der Waals surface area contributed by atoms with E-state index in [-0.39, 0.29) is 0 Å². The highest BCUT2D eigenvalue weighted by Gasteiger charge is 2.18. The molecular weight excluding hydrogens is 348 g/mol. The summed E-state index contributed by atoms with van der Waals surface area (Å²) in [5, 5.41) is 0.760. The molecule has 0 amide bonds. The summed E-state index contributed by atoms with van der Waals surface area (Å²) < 4.78 is 1.99. The van der Waals surface area contributed by atoms with Gasteiger partial charge >= 0.3 is 0 Å². The fourth-order valence-electron chi connectivity index (χ4n) is 3.17. The number of benzene rings is 1. The van der Waals surface area contributed by atoms with Crippen LogP contribution < -0.4 is 10.6 Å². The molecule has 3 aromatic rings. The van der Waals surface area contributed by atoms with E-state index in [4.69, 9.17) is 17.3 Å². The van der Waals surface area contributed by atoms with Crippen molar-refractivity contribution in [3.05, 3.63) is 65.6 Å². The molecule has 1 saturated heterocycles. The lowest BCUT2D eigenvalue weighted by atomic mass is 10.2. The van der Waals surface area contributed by atoms with Gasteiger partial charge in [0.15, 0.2) is 5.96 Å². The van der Waals surface area contributed by atoms with Crippen LogP contribution in [0.25, 0.3) is 5.65 Å². The van der Waals surface area contributed by atoms with Crippen LogP contribution in [-0.4, -0.2) is 46.4 Å². The van der Waals surface area contributed by atoms with E-state index in [2.05, 4.69) is 31.9 Å². The third-order valence-electron chi connectivity index (χ3n) is 4.61. The predicted molar refractivity (Wildman–Crippen MR) is 106 cm³/mol. The Balaban J connectivity index is 1.36. The van der Waals surface area contributed by atoms with E-state index in [9.17, 15) is 0 Å². The molecule has 1 aliphatic heterocycles. The molecule has 0 atom stereocenters. The van der Waals surface area contributed by atoms with Crippen LogP contribution in [0.2, 0.25) is 5.02 Å². The van der Waals surface area contributed by atoms with Gasteiger partial charge in [0.2, 0.25) is 0 Å². The highest BCUT2D eigenvalue weighted by atomic mass is 35.5. The Morgan fingerprint density at radius 3 is 2.58 bits per heavy atom. The topological polar surface area (TPSA) is 62.2 Å². The lowest BCUT2D eigenvalue weighted by Gasteiger charge is -2.36. The van der Waals surface area contributed by atoms with Crippen LogP contribution in [0.3, 0.4) is 0 Å². The maximum Gasteiger partial charge on any atom is 0.191 e. The van der Waals surface area contributed by atoms with Crippen LogP contribution in [0.5, 0.6) is 0 Å². The highest BCUT2D eigenvalue weighted by Crippen LogP contribution is 2.19. The van der Waals surface area contributed by atoms with Crippen LogP contribution in [-0.2, 0) is 6.54 Å². The minimum atomic E-state index is 0.491. The Morgan fingerprint density at radius 2 is 1.85 bits per heavy atom. The molecule has 0 spiro atoms. The maximum atomic E-state index is 6.20. The van der Waals surface area contributed by atoms with Gasteiger partial charge in [-0.15, -0.1) is 0 Å². The Labute approximate surface area is 157 Å². The van der Waals surface area contributed by atoms with E-state index in [0.29, 0.717) is 12.5 Å². The van der Waals surface area contributed by atoms with Crippen LogP contribution in [0.15, 0.2) is 59.9 Å². The lowest BCUT2D eigenvalue weighted by Crippen LogP contribution is -2.51. The van der Waals surface area contributed by atoms with Gasteiger partial charge in [-0.3, -0.25) is 0 Å². The van der Waals surface area contributed by atoms with Crippen molar-refractivity contribution >= 4 is 28.9 Å². The number of rotatable bonds is 3. The Kier molecular flexibility index (Phi) is 4.67. The van der Waals surface area contributed by atoms with Gasteiger partial charge in [-0.05, 0) is 36.4 Å². The van der Waals surface area contributed by atoms with E-state index in [1.807, 2.05) is 47.1 Å². The summed E-state index contributed by atoms with van der Waals surface area (Å²) in [7, 11) is 0. The molecule has 2 N–H and O–H groups in total. The van der Waals surface area contributed by atoms with Gasteiger partial charge < -0.3 is 19.9 Å². The first-order valence-corrected chi connectivity index (χ1v) is 9.05. The number of hydrogen-bond acceptors (Lipinski definition) is 3. The predicted octanol–water partition coefficient (Wildman–Crippen LogP) is 2.62. The number of nitrogens with zero attached hydrogens (tertiary/aromatic N) is 5. The summed E-state index contributed by atoms with van der Waals surface area (Å²) in [6.07, 6.45) is 3.97. The van der Waals surface area contributed by atoms with Crippen LogP contribution in [0, 0.1) is 0 Å². The van der Waals surface area contributed by atoms with Crippen LogP contribution >= 0.6 is 11.6 Å². The first kappa shape index (κ1) is 16.7. The molecule has 6 nitrogen and oxygen atoms in total. The second-order valence-electron chi connectivity index (χ2n) is 6.32. The second-order valence-corrected chi connectivity index (χ2v) is 6.76. The number of halogens is 1. The lowest BCUT2D eigenvalue weighted by molar-refractivity contribution is 0.380. The van der Waals surface area contributed by atoms with Crippen molar-refractivity contribution < 1.29 is 0 Å². The summed E-state index contributed by atoms with van der Waals surface area (Å²) in [5.41, 5.74) is 9.23. The normalized spacial score (nSPS) is 15.7. The average Bonchev–Trinajstić information content (AvgIpc) is 3.10. The SMILES string of the molecule is NC(=NCc1cn2ccccc2n1)N1CCN(c2ccc(Cl)cc2)CC1. The molecule has 0 bridgehead atoms. The monoisotopic (exact) mass is 368 g/mol. The zero-order chi connectivity index (χ0) is 17.9. The quantitative estimate of drug-likeness (QED) is 0.570. The summed E-state index contributed by atoms with van der Waals surface area (Å²) in [6, 6.07) is 13.9. The molecular formula is C19H21ClN6. The molecule has 1 aromatic carbocycles. The van der Waals surface area contributed by atoms with E-state index >= 15 is 0 Å². The fraction of sp³-hybridized carbons (Fsp3) is 0.263. The number of pyridine rings is 1. The van der Waals surface area contributed by atoms with Gasteiger partial charge in [-0.1, -0.05) is 17.7 Å². The zero-order valence-electron chi connectivity index (χ0n) is 14.4. The van der Waals surface area contributed by atoms with Crippen molar-refractivity contribution in [3.63, 3.8) is 0 Å². The average molecular weight is 369 g/mol. The third kappa shape index (κ3) is 3.60. The summed E-state index contributed by atoms with van der Waals surface area (Å²) in [5.74, 6) is 0.581. The molecule has 4 rings (SSSR count). The molecule has 26 heavy (non-hydrogen) atoms. The largest absolute Gasteiger partial charge is 0.370 e. The third-order valence-corrected chi connectivity index (χ3v) is 4.86. The van der Waals surface area contributed by atoms with Gasteiger partial charge in [0.1, 0.15) is 5.65 Å². The molecule has 1 fully saturated rings. The molecule has 0 radical (unpaired) electrons. The Morgan fingerprint density at radius 1 is 1.08 bits per heavy atom. The zero-order valence-corrected chi connectivity index (χ0v) is 15.2. The molecule has 7 heteroatoms. The summed E-state index contributed by atoms with van der Waals surface area (Å²) >= 11 is 5.96. The second kappa shape index (κ2) is 7.25. The highest BCUT2D eigenvalue weighted by molar-refractivity contribution is 6.30. The van der Waals surface area contributed by atoms with Crippen molar-refractivity contribution in [1.82, 2.24) is 14.3 Å². The molecule has 3 heterocycles. The number of aliphatic imine (C=N–C) groups is 1. The molecule has 0 unspecified atom stereocenters. The van der Waals surface area contributed by atoms with Gasteiger partial charge in [0.25, 0.3) is 0 Å².